The van der Waals surface area contributed by atoms with Crippen molar-refractivity contribution < 1.29 is 9.53 Å². The van der Waals surface area contributed by atoms with Gasteiger partial charge in [0.15, 0.2) is 0 Å². The van der Waals surface area contributed by atoms with E-state index in [-0.39, 0.29) is 0 Å². The third kappa shape index (κ3) is 3.91. The molecule has 0 aliphatic rings. The Morgan fingerprint density at radius 3 is 2.17 bits per heavy atom. The largest absolute Gasteiger partial charge is 0.444 e. The molecule has 0 radical (unpaired) electrons. The molecular formula is C15H21NO2. The zero-order valence-electron chi connectivity index (χ0n) is 11.8. The lowest BCUT2D eigenvalue weighted by atomic mass is 10.0. The van der Waals surface area contributed by atoms with E-state index in [0.717, 1.165) is 22.4 Å². The van der Waals surface area contributed by atoms with Gasteiger partial charge in [0.25, 0.3) is 0 Å². The lowest BCUT2D eigenvalue weighted by Crippen LogP contribution is -2.27. The third-order valence-corrected chi connectivity index (χ3v) is 2.42. The predicted molar refractivity (Wildman–Crippen MR) is 75.9 cm³/mol. The van der Waals surface area contributed by atoms with E-state index < -0.39 is 11.7 Å². The van der Waals surface area contributed by atoms with Gasteiger partial charge in [0, 0.05) is 5.69 Å². The minimum atomic E-state index is -0.493. The van der Waals surface area contributed by atoms with Crippen LogP contribution in [-0.2, 0) is 4.74 Å². The van der Waals surface area contributed by atoms with Gasteiger partial charge in [-0.25, -0.2) is 4.79 Å². The standard InChI is InChI=1S/C15H21NO2/c1-7-12-8-10(2)13(11(3)9-12)16-14(17)18-15(4,5)6/h7-9H,1H2,2-6H3,(H,16,17). The summed E-state index contributed by atoms with van der Waals surface area (Å²) in [5.74, 6) is 0. The average molecular weight is 247 g/mol. The van der Waals surface area contributed by atoms with Crippen molar-refractivity contribution in [3.05, 3.63) is 35.4 Å². The second-order valence-corrected chi connectivity index (χ2v) is 5.36. The molecule has 3 heteroatoms. The quantitative estimate of drug-likeness (QED) is 0.846. The first-order chi connectivity index (χ1) is 8.23. The van der Waals surface area contributed by atoms with Crippen molar-refractivity contribution >= 4 is 17.9 Å². The molecule has 1 rings (SSSR count). The minimum Gasteiger partial charge on any atom is -0.444 e. The lowest BCUT2D eigenvalue weighted by Gasteiger charge is -2.21. The summed E-state index contributed by atoms with van der Waals surface area (Å²) in [7, 11) is 0. The molecule has 0 atom stereocenters. The second kappa shape index (κ2) is 5.25. The van der Waals surface area contributed by atoms with E-state index in [1.54, 1.807) is 6.08 Å². The Bertz CT molecular complexity index is 447. The van der Waals surface area contributed by atoms with Gasteiger partial charge in [-0.05, 0) is 63.4 Å². The summed E-state index contributed by atoms with van der Waals surface area (Å²) in [5, 5.41) is 2.79. The van der Waals surface area contributed by atoms with Crippen molar-refractivity contribution in [1.82, 2.24) is 0 Å². The Balaban J connectivity index is 2.92. The summed E-state index contributed by atoms with van der Waals surface area (Å²) in [6.07, 6.45) is 1.36. The van der Waals surface area contributed by atoms with Crippen LogP contribution < -0.4 is 5.32 Å². The van der Waals surface area contributed by atoms with Gasteiger partial charge in [-0.1, -0.05) is 12.7 Å². The maximum absolute atomic E-state index is 11.7. The van der Waals surface area contributed by atoms with Crippen LogP contribution in [0, 0.1) is 13.8 Å². The van der Waals surface area contributed by atoms with Crippen LogP contribution in [0.5, 0.6) is 0 Å². The molecule has 0 fully saturated rings. The van der Waals surface area contributed by atoms with E-state index >= 15 is 0 Å². The summed E-state index contributed by atoms with van der Waals surface area (Å²) in [6.45, 7) is 13.2. The van der Waals surface area contributed by atoms with Gasteiger partial charge in [-0.2, -0.15) is 0 Å². The van der Waals surface area contributed by atoms with Crippen LogP contribution in [0.15, 0.2) is 18.7 Å². The summed E-state index contributed by atoms with van der Waals surface area (Å²) in [4.78, 5) is 11.7. The molecule has 1 amide bonds. The Labute approximate surface area is 109 Å². The van der Waals surface area contributed by atoms with Crippen molar-refractivity contribution in [2.24, 2.45) is 0 Å². The number of ether oxygens (including phenoxy) is 1. The Morgan fingerprint density at radius 2 is 1.78 bits per heavy atom. The van der Waals surface area contributed by atoms with Gasteiger partial charge >= 0.3 is 6.09 Å². The summed E-state index contributed by atoms with van der Waals surface area (Å²) in [5.41, 5.74) is 3.34. The Hall–Kier alpha value is -1.77. The maximum atomic E-state index is 11.7. The molecule has 3 nitrogen and oxygen atoms in total. The van der Waals surface area contributed by atoms with E-state index in [4.69, 9.17) is 4.74 Å². The van der Waals surface area contributed by atoms with Gasteiger partial charge in [0.2, 0.25) is 0 Å². The molecule has 0 spiro atoms. The molecule has 98 valence electrons. The summed E-state index contributed by atoms with van der Waals surface area (Å²) in [6, 6.07) is 3.96. The Morgan fingerprint density at radius 1 is 1.28 bits per heavy atom. The SMILES string of the molecule is C=Cc1cc(C)c(NC(=O)OC(C)(C)C)c(C)c1. The molecule has 1 aromatic carbocycles. The van der Waals surface area contributed by atoms with Gasteiger partial charge in [0.1, 0.15) is 5.60 Å². The number of hydrogen-bond acceptors (Lipinski definition) is 2. The number of carbonyl (C=O) groups excluding carboxylic acids is 1. The highest BCUT2D eigenvalue weighted by Gasteiger charge is 2.17. The van der Waals surface area contributed by atoms with Gasteiger partial charge < -0.3 is 4.74 Å². The fourth-order valence-electron chi connectivity index (χ4n) is 1.72. The molecule has 0 aliphatic heterocycles. The van der Waals surface area contributed by atoms with Crippen molar-refractivity contribution in [3.63, 3.8) is 0 Å². The second-order valence-electron chi connectivity index (χ2n) is 5.36. The van der Waals surface area contributed by atoms with E-state index in [1.807, 2.05) is 46.8 Å². The van der Waals surface area contributed by atoms with Crippen LogP contribution in [0.2, 0.25) is 0 Å². The number of benzene rings is 1. The summed E-state index contributed by atoms with van der Waals surface area (Å²) < 4.78 is 5.24. The van der Waals surface area contributed by atoms with Crippen LogP contribution in [-0.4, -0.2) is 11.7 Å². The van der Waals surface area contributed by atoms with Crippen LogP contribution in [0.25, 0.3) is 6.08 Å². The molecule has 0 saturated carbocycles. The smallest absolute Gasteiger partial charge is 0.412 e. The molecule has 1 aromatic rings. The number of amides is 1. The first-order valence-corrected chi connectivity index (χ1v) is 5.96. The molecular weight excluding hydrogens is 226 g/mol. The fourth-order valence-corrected chi connectivity index (χ4v) is 1.72. The topological polar surface area (TPSA) is 38.3 Å². The van der Waals surface area contributed by atoms with Crippen molar-refractivity contribution in [3.8, 4) is 0 Å². The third-order valence-electron chi connectivity index (χ3n) is 2.42. The first-order valence-electron chi connectivity index (χ1n) is 5.96. The van der Waals surface area contributed by atoms with Gasteiger partial charge in [0.05, 0.1) is 0 Å². The van der Waals surface area contributed by atoms with Crippen molar-refractivity contribution in [1.29, 1.82) is 0 Å². The summed E-state index contributed by atoms with van der Waals surface area (Å²) >= 11 is 0. The van der Waals surface area contributed by atoms with Crippen LogP contribution in [0.3, 0.4) is 0 Å². The number of carbonyl (C=O) groups is 1. The molecule has 1 N–H and O–H groups in total. The highest BCUT2D eigenvalue weighted by atomic mass is 16.6. The van der Waals surface area contributed by atoms with Crippen LogP contribution in [0.4, 0.5) is 10.5 Å². The zero-order valence-corrected chi connectivity index (χ0v) is 11.8. The lowest BCUT2D eigenvalue weighted by molar-refractivity contribution is 0.0635. The van der Waals surface area contributed by atoms with E-state index in [9.17, 15) is 4.79 Å². The average Bonchev–Trinajstić information content (AvgIpc) is 2.20. The fraction of sp³-hybridized carbons (Fsp3) is 0.400. The van der Waals surface area contributed by atoms with Gasteiger partial charge in [-0.3, -0.25) is 5.32 Å². The number of rotatable bonds is 2. The van der Waals surface area contributed by atoms with E-state index in [2.05, 4.69) is 11.9 Å². The van der Waals surface area contributed by atoms with Crippen molar-refractivity contribution in [2.45, 2.75) is 40.2 Å². The Kier molecular flexibility index (Phi) is 4.17. The van der Waals surface area contributed by atoms with E-state index in [1.165, 1.54) is 0 Å². The molecule has 0 aliphatic carbocycles. The van der Waals surface area contributed by atoms with Gasteiger partial charge in [-0.15, -0.1) is 0 Å². The highest BCUT2D eigenvalue weighted by molar-refractivity contribution is 5.87. The molecule has 0 aromatic heterocycles. The predicted octanol–water partition coefficient (Wildman–Crippen LogP) is 4.29. The molecule has 0 heterocycles. The minimum absolute atomic E-state index is 0.431. The first kappa shape index (κ1) is 14.3. The number of nitrogens with one attached hydrogen (secondary N) is 1. The molecule has 0 bridgehead atoms. The number of aryl methyl sites for hydroxylation is 2. The van der Waals surface area contributed by atoms with Crippen LogP contribution in [0.1, 0.15) is 37.5 Å². The number of hydrogen-bond donors (Lipinski definition) is 1. The molecule has 18 heavy (non-hydrogen) atoms. The van der Waals surface area contributed by atoms with Crippen LogP contribution >= 0.6 is 0 Å². The normalized spacial score (nSPS) is 10.9. The van der Waals surface area contributed by atoms with E-state index in [0.29, 0.717) is 0 Å². The number of anilines is 1. The maximum Gasteiger partial charge on any atom is 0.412 e. The zero-order chi connectivity index (χ0) is 13.9. The highest BCUT2D eigenvalue weighted by Crippen LogP contribution is 2.23. The monoisotopic (exact) mass is 247 g/mol. The van der Waals surface area contributed by atoms with Crippen molar-refractivity contribution in [2.75, 3.05) is 5.32 Å². The molecule has 0 unspecified atom stereocenters. The molecule has 0 saturated heterocycles.